The maximum absolute atomic E-state index is 13.8. The lowest BCUT2D eigenvalue weighted by Crippen LogP contribution is -2.38. The zero-order valence-corrected chi connectivity index (χ0v) is 19.4. The van der Waals surface area contributed by atoms with Gasteiger partial charge in [-0.3, -0.25) is 0 Å². The Labute approximate surface area is 198 Å². The SMILES string of the molecule is COc1ccccc1NC(=O)N1Cc2ccccc2-n2cccc2C1c1ccc(SC)cc1. The molecule has 0 spiro atoms. The van der Waals surface area contributed by atoms with Gasteiger partial charge < -0.3 is 19.5 Å². The Morgan fingerprint density at radius 2 is 1.73 bits per heavy atom. The summed E-state index contributed by atoms with van der Waals surface area (Å²) in [5, 5.41) is 3.08. The molecule has 3 aromatic carbocycles. The van der Waals surface area contributed by atoms with Crippen LogP contribution in [-0.4, -0.2) is 28.9 Å². The lowest BCUT2D eigenvalue weighted by molar-refractivity contribution is 0.194. The van der Waals surface area contributed by atoms with Crippen LogP contribution in [0.1, 0.15) is 22.9 Å². The molecule has 4 aromatic rings. The molecule has 6 heteroatoms. The Balaban J connectivity index is 1.62. The fraction of sp³-hybridized carbons (Fsp3) is 0.148. The third kappa shape index (κ3) is 3.98. The number of fused-ring (bicyclic) bond motifs is 3. The van der Waals surface area contributed by atoms with E-state index >= 15 is 0 Å². The second-order valence-corrected chi connectivity index (χ2v) is 8.75. The highest BCUT2D eigenvalue weighted by Crippen LogP contribution is 2.37. The van der Waals surface area contributed by atoms with Gasteiger partial charge >= 0.3 is 6.03 Å². The minimum atomic E-state index is -0.252. The third-order valence-electron chi connectivity index (χ3n) is 6.00. The second-order valence-electron chi connectivity index (χ2n) is 7.87. The fourth-order valence-corrected chi connectivity index (χ4v) is 4.82. The van der Waals surface area contributed by atoms with E-state index in [4.69, 9.17) is 4.74 Å². The number of nitrogens with zero attached hydrogens (tertiary/aromatic N) is 2. The van der Waals surface area contributed by atoms with E-state index < -0.39 is 0 Å². The van der Waals surface area contributed by atoms with Crippen molar-refractivity contribution in [3.8, 4) is 11.4 Å². The van der Waals surface area contributed by atoms with Crippen LogP contribution in [0, 0.1) is 0 Å². The summed E-state index contributed by atoms with van der Waals surface area (Å²) in [6.45, 7) is 0.480. The number of methoxy groups -OCH3 is 1. The third-order valence-corrected chi connectivity index (χ3v) is 6.75. The highest BCUT2D eigenvalue weighted by molar-refractivity contribution is 7.98. The zero-order valence-electron chi connectivity index (χ0n) is 18.6. The summed E-state index contributed by atoms with van der Waals surface area (Å²) in [6.07, 6.45) is 4.13. The summed E-state index contributed by atoms with van der Waals surface area (Å²) in [7, 11) is 1.61. The molecule has 0 saturated carbocycles. The van der Waals surface area contributed by atoms with Gasteiger partial charge in [-0.05, 0) is 59.8 Å². The first kappa shape index (κ1) is 21.2. The van der Waals surface area contributed by atoms with Crippen LogP contribution < -0.4 is 10.1 Å². The summed E-state index contributed by atoms with van der Waals surface area (Å²) < 4.78 is 7.65. The minimum absolute atomic E-state index is 0.178. The highest BCUT2D eigenvalue weighted by Gasteiger charge is 2.33. The molecule has 1 aliphatic heterocycles. The monoisotopic (exact) mass is 455 g/mol. The van der Waals surface area contributed by atoms with E-state index in [2.05, 4.69) is 64.8 Å². The lowest BCUT2D eigenvalue weighted by atomic mass is 10.0. The van der Waals surface area contributed by atoms with Gasteiger partial charge in [-0.25, -0.2) is 4.79 Å². The molecule has 2 heterocycles. The van der Waals surface area contributed by atoms with Gasteiger partial charge in [0.1, 0.15) is 5.75 Å². The van der Waals surface area contributed by atoms with Crippen molar-refractivity contribution in [3.05, 3.63) is 108 Å². The summed E-state index contributed by atoms with van der Waals surface area (Å²) in [4.78, 5) is 16.9. The molecule has 166 valence electrons. The predicted octanol–water partition coefficient (Wildman–Crippen LogP) is 6.34. The number of rotatable bonds is 4. The number of amides is 2. The van der Waals surface area contributed by atoms with Crippen molar-refractivity contribution in [1.82, 2.24) is 9.47 Å². The number of anilines is 1. The molecule has 0 bridgehead atoms. The van der Waals surface area contributed by atoms with Crippen molar-refractivity contribution >= 4 is 23.5 Å². The summed E-state index contributed by atoms with van der Waals surface area (Å²) >= 11 is 1.71. The van der Waals surface area contributed by atoms with Crippen molar-refractivity contribution in [2.75, 3.05) is 18.7 Å². The zero-order chi connectivity index (χ0) is 22.8. The largest absolute Gasteiger partial charge is 0.495 e. The Hall–Kier alpha value is -3.64. The first-order valence-electron chi connectivity index (χ1n) is 10.8. The number of aromatic nitrogens is 1. The molecule has 1 aliphatic rings. The van der Waals surface area contributed by atoms with Gasteiger partial charge in [0, 0.05) is 16.8 Å². The molecular weight excluding hydrogens is 430 g/mol. The van der Waals surface area contributed by atoms with Crippen LogP contribution in [-0.2, 0) is 6.54 Å². The molecule has 5 rings (SSSR count). The first-order valence-corrected chi connectivity index (χ1v) is 12.0. The summed E-state index contributed by atoms with van der Waals surface area (Å²) in [5.41, 5.74) is 4.95. The quantitative estimate of drug-likeness (QED) is 0.365. The van der Waals surface area contributed by atoms with Gasteiger partial charge in [0.15, 0.2) is 0 Å². The van der Waals surface area contributed by atoms with E-state index in [-0.39, 0.29) is 12.1 Å². The Kier molecular flexibility index (Phi) is 5.84. The molecule has 1 N–H and O–H groups in total. The van der Waals surface area contributed by atoms with Gasteiger partial charge in [-0.1, -0.05) is 42.5 Å². The maximum Gasteiger partial charge on any atom is 0.323 e. The molecule has 0 aliphatic carbocycles. The van der Waals surface area contributed by atoms with Crippen molar-refractivity contribution < 1.29 is 9.53 Å². The topological polar surface area (TPSA) is 46.5 Å². The molecule has 2 amide bonds. The molecule has 1 aromatic heterocycles. The van der Waals surface area contributed by atoms with Crippen molar-refractivity contribution in [1.29, 1.82) is 0 Å². The number of urea groups is 1. The predicted molar refractivity (Wildman–Crippen MR) is 133 cm³/mol. The van der Waals surface area contributed by atoms with Gasteiger partial charge in [0.05, 0.1) is 31.1 Å². The number of hydrogen-bond donors (Lipinski definition) is 1. The molecule has 0 fully saturated rings. The van der Waals surface area contributed by atoms with Gasteiger partial charge in [-0.2, -0.15) is 0 Å². The van der Waals surface area contributed by atoms with Crippen LogP contribution in [0.2, 0.25) is 0 Å². The highest BCUT2D eigenvalue weighted by atomic mass is 32.2. The van der Waals surface area contributed by atoms with Gasteiger partial charge in [-0.15, -0.1) is 11.8 Å². The van der Waals surface area contributed by atoms with Crippen LogP contribution in [0.4, 0.5) is 10.5 Å². The van der Waals surface area contributed by atoms with Crippen LogP contribution >= 0.6 is 11.8 Å². The number of para-hydroxylation sites is 3. The summed E-state index contributed by atoms with van der Waals surface area (Å²) in [6, 6.07) is 27.9. The first-order chi connectivity index (χ1) is 16.2. The standard InChI is InChI=1S/C27H25N3O2S/c1-32-25-12-6-4-9-22(25)28-27(31)30-18-20-8-3-5-10-23(20)29-17-7-11-24(29)26(30)19-13-15-21(33-2)16-14-19/h3-17,26H,18H2,1-2H3,(H,28,31). The second kappa shape index (κ2) is 9.08. The molecule has 0 saturated heterocycles. The van der Waals surface area contributed by atoms with Gasteiger partial charge in [0.25, 0.3) is 0 Å². The summed E-state index contributed by atoms with van der Waals surface area (Å²) in [5.74, 6) is 0.630. The smallest absolute Gasteiger partial charge is 0.323 e. The Morgan fingerprint density at radius 1 is 0.970 bits per heavy atom. The van der Waals surface area contributed by atoms with Crippen LogP contribution in [0.15, 0.2) is 96.0 Å². The molecular formula is C27H25N3O2S. The number of thioether (sulfide) groups is 1. The van der Waals surface area contributed by atoms with Crippen LogP contribution in [0.5, 0.6) is 5.75 Å². The molecule has 0 radical (unpaired) electrons. The normalized spacial score (nSPS) is 14.7. The van der Waals surface area contributed by atoms with Crippen LogP contribution in [0.3, 0.4) is 0 Å². The van der Waals surface area contributed by atoms with E-state index in [1.165, 1.54) is 4.90 Å². The van der Waals surface area contributed by atoms with Crippen LogP contribution in [0.25, 0.3) is 5.69 Å². The van der Waals surface area contributed by atoms with E-state index in [1.807, 2.05) is 47.4 Å². The van der Waals surface area contributed by atoms with Gasteiger partial charge in [0.2, 0.25) is 0 Å². The molecule has 5 nitrogen and oxygen atoms in total. The van der Waals surface area contributed by atoms with E-state index in [0.717, 1.165) is 22.5 Å². The fourth-order valence-electron chi connectivity index (χ4n) is 4.41. The Bertz CT molecular complexity index is 1280. The van der Waals surface area contributed by atoms with E-state index in [0.29, 0.717) is 18.0 Å². The molecule has 1 unspecified atom stereocenters. The number of carbonyl (C=O) groups is 1. The average molecular weight is 456 g/mol. The molecule has 33 heavy (non-hydrogen) atoms. The maximum atomic E-state index is 13.8. The average Bonchev–Trinajstić information content (AvgIpc) is 3.28. The van der Waals surface area contributed by atoms with Crippen molar-refractivity contribution in [3.63, 3.8) is 0 Å². The number of carbonyl (C=O) groups excluding carboxylic acids is 1. The van der Waals surface area contributed by atoms with Crippen molar-refractivity contribution in [2.45, 2.75) is 17.5 Å². The van der Waals surface area contributed by atoms with Crippen molar-refractivity contribution in [2.24, 2.45) is 0 Å². The lowest BCUT2D eigenvalue weighted by Gasteiger charge is -2.31. The Morgan fingerprint density at radius 3 is 2.52 bits per heavy atom. The number of hydrogen-bond acceptors (Lipinski definition) is 3. The minimum Gasteiger partial charge on any atom is -0.495 e. The molecule has 1 atom stereocenters. The van der Waals surface area contributed by atoms with E-state index in [1.54, 1.807) is 18.9 Å². The number of nitrogens with one attached hydrogen (secondary N) is 1. The number of ether oxygens (including phenoxy) is 1. The van der Waals surface area contributed by atoms with E-state index in [9.17, 15) is 4.79 Å². The number of benzene rings is 3.